The van der Waals surface area contributed by atoms with Crippen molar-refractivity contribution >= 4 is 162 Å². The molecular formula is C100H68N2S2. The Bertz CT molecular complexity index is 6420. The molecule has 0 spiro atoms. The lowest BCUT2D eigenvalue weighted by Gasteiger charge is -2.31. The molecule has 0 aliphatic carbocycles. The highest BCUT2D eigenvalue weighted by Crippen LogP contribution is 2.51. The van der Waals surface area contributed by atoms with Gasteiger partial charge in [0.05, 0.1) is 11.4 Å². The number of nitrogens with zero attached hydrogens (tertiary/aromatic N) is 2. The van der Waals surface area contributed by atoms with Gasteiger partial charge in [0, 0.05) is 74.2 Å². The van der Waals surface area contributed by atoms with Crippen LogP contribution in [0.4, 0.5) is 34.1 Å². The second-order valence-electron chi connectivity index (χ2n) is 28.0. The summed E-state index contributed by atoms with van der Waals surface area (Å²) in [5.41, 5.74) is 23.3. The Hall–Kier alpha value is -12.4. The summed E-state index contributed by atoms with van der Waals surface area (Å²) in [6.45, 7) is 9.11. The number of anilines is 6. The van der Waals surface area contributed by atoms with Crippen LogP contribution in [0, 0.1) is 27.7 Å². The minimum Gasteiger partial charge on any atom is -0.309 e. The first-order valence-electron chi connectivity index (χ1n) is 35.9. The fourth-order valence-corrected chi connectivity index (χ4v) is 19.1. The SMILES string of the molecule is Cc1cc(-c2ccc(N(c3ccc(-c4ccc5c6ccccc6c6ccccc6c5c4)cc3)c3c(C)cccc3-c3ccc4sc5ccccc5c4c3)c(C)c2)ccc1N(c1ccc(-c2ccc3c4ccccc4c4ccccc4c3c2)cc1)c1c(C)cccc1-c1ccc2sc3ccccc3c2c1. The molecule has 20 rings (SSSR count). The lowest BCUT2D eigenvalue weighted by Crippen LogP contribution is -2.14. The molecule has 0 N–H and O–H groups in total. The van der Waals surface area contributed by atoms with E-state index < -0.39 is 0 Å². The zero-order chi connectivity index (χ0) is 69.3. The maximum absolute atomic E-state index is 2.52. The van der Waals surface area contributed by atoms with Crippen molar-refractivity contribution in [1.29, 1.82) is 0 Å². The third-order valence-electron chi connectivity index (χ3n) is 21.9. The van der Waals surface area contributed by atoms with Crippen LogP contribution in [0.2, 0.25) is 0 Å². The highest BCUT2D eigenvalue weighted by Gasteiger charge is 2.26. The second-order valence-corrected chi connectivity index (χ2v) is 30.2. The highest BCUT2D eigenvalue weighted by molar-refractivity contribution is 7.26. The summed E-state index contributed by atoms with van der Waals surface area (Å²) in [5, 5.41) is 20.5. The van der Waals surface area contributed by atoms with Crippen LogP contribution in [0.25, 0.3) is 161 Å². The van der Waals surface area contributed by atoms with E-state index in [9.17, 15) is 0 Å². The van der Waals surface area contributed by atoms with Crippen molar-refractivity contribution in [1.82, 2.24) is 0 Å². The molecule has 0 fully saturated rings. The molecule has 2 aromatic heterocycles. The Kier molecular flexibility index (Phi) is 14.6. The standard InChI is InChI=1S/C100H68N2S2/c1-61-19-17-31-75(71-43-53-97-91(59-71)87-29-13-15-33-95(87)103-97)99(61)101(73-45-35-65(36-46-73)69-39-49-85-81-25-7-5-21-77(81)79-23-9-11-27-83(79)89(85)57-69)93-51-41-67(55-63(93)3)68-42-52-94(64(4)56-68)102(100-62(2)20-18-32-76(100)72-44-54-98-92(60-72)88-30-14-16-34-96(88)104-98)74-47-37-66(38-48-74)70-40-50-86-82-26-8-6-22-78(82)80-24-10-12-28-84(80)90(86)58-70/h5-60H,1-4H3. The van der Waals surface area contributed by atoms with Crippen LogP contribution in [-0.2, 0) is 0 Å². The van der Waals surface area contributed by atoms with Gasteiger partial charge in [-0.15, -0.1) is 22.7 Å². The average Bonchev–Trinajstić information content (AvgIpc) is 1.21. The Balaban J connectivity index is 0.705. The van der Waals surface area contributed by atoms with Crippen molar-refractivity contribution in [3.8, 4) is 55.6 Å². The predicted molar refractivity (Wildman–Crippen MR) is 453 cm³/mol. The molecule has 0 aliphatic rings. The van der Waals surface area contributed by atoms with Gasteiger partial charge in [-0.25, -0.2) is 0 Å². The molecule has 0 saturated heterocycles. The second kappa shape index (κ2) is 24.7. The van der Waals surface area contributed by atoms with Gasteiger partial charge in [0.25, 0.3) is 0 Å². The molecule has 490 valence electrons. The quantitative estimate of drug-likeness (QED) is 0.119. The molecule has 0 unspecified atom stereocenters. The number of fused-ring (bicyclic) bond motifs is 18. The largest absolute Gasteiger partial charge is 0.309 e. The average molecular weight is 1360 g/mol. The van der Waals surface area contributed by atoms with E-state index in [2.05, 4.69) is 377 Å². The maximum atomic E-state index is 2.52. The summed E-state index contributed by atoms with van der Waals surface area (Å²) < 4.78 is 5.20. The molecule has 20 aromatic rings. The molecule has 4 heteroatoms. The molecule has 0 radical (unpaired) electrons. The molecular weight excluding hydrogens is 1290 g/mol. The lowest BCUT2D eigenvalue weighted by molar-refractivity contribution is 1.22. The van der Waals surface area contributed by atoms with E-state index in [-0.39, 0.29) is 0 Å². The third kappa shape index (κ3) is 10.1. The van der Waals surface area contributed by atoms with Gasteiger partial charge in [-0.05, 0) is 256 Å². The summed E-state index contributed by atoms with van der Waals surface area (Å²) in [6, 6.07) is 128. The van der Waals surface area contributed by atoms with Crippen molar-refractivity contribution in [3.63, 3.8) is 0 Å². The predicted octanol–water partition coefficient (Wildman–Crippen LogP) is 29.8. The van der Waals surface area contributed by atoms with Crippen molar-refractivity contribution in [3.05, 3.63) is 362 Å². The van der Waals surface area contributed by atoms with Gasteiger partial charge in [-0.2, -0.15) is 0 Å². The van der Waals surface area contributed by atoms with Crippen molar-refractivity contribution < 1.29 is 0 Å². The van der Waals surface area contributed by atoms with E-state index in [0.717, 1.165) is 45.3 Å². The van der Waals surface area contributed by atoms with E-state index >= 15 is 0 Å². The first-order chi connectivity index (χ1) is 51.2. The molecule has 0 bridgehead atoms. The van der Waals surface area contributed by atoms with Gasteiger partial charge in [0.2, 0.25) is 0 Å². The van der Waals surface area contributed by atoms with Crippen LogP contribution in [0.3, 0.4) is 0 Å². The number of para-hydroxylation sites is 2. The van der Waals surface area contributed by atoms with Crippen molar-refractivity contribution in [2.45, 2.75) is 27.7 Å². The fourth-order valence-electron chi connectivity index (χ4n) is 16.9. The molecule has 0 saturated carbocycles. The van der Waals surface area contributed by atoms with E-state index in [1.807, 2.05) is 22.7 Å². The smallest absolute Gasteiger partial charge is 0.0569 e. The topological polar surface area (TPSA) is 6.48 Å². The van der Waals surface area contributed by atoms with Crippen LogP contribution in [0.1, 0.15) is 22.3 Å². The van der Waals surface area contributed by atoms with Gasteiger partial charge in [-0.1, -0.05) is 243 Å². The number of benzene rings is 18. The molecule has 0 amide bonds. The monoisotopic (exact) mass is 1360 g/mol. The van der Waals surface area contributed by atoms with Gasteiger partial charge in [0.1, 0.15) is 0 Å². The van der Waals surface area contributed by atoms with Gasteiger partial charge in [-0.3, -0.25) is 0 Å². The van der Waals surface area contributed by atoms with Crippen LogP contribution in [0.15, 0.2) is 340 Å². The number of rotatable bonds is 11. The summed E-state index contributed by atoms with van der Waals surface area (Å²) >= 11 is 3.73. The zero-order valence-corrected chi connectivity index (χ0v) is 59.7. The minimum absolute atomic E-state index is 1.09. The lowest BCUT2D eigenvalue weighted by atomic mass is 9.92. The van der Waals surface area contributed by atoms with E-state index in [1.165, 1.54) is 172 Å². The van der Waals surface area contributed by atoms with Crippen molar-refractivity contribution in [2.24, 2.45) is 0 Å². The molecule has 0 aliphatic heterocycles. The Labute approximate surface area is 612 Å². The van der Waals surface area contributed by atoms with Crippen LogP contribution in [-0.4, -0.2) is 0 Å². The maximum Gasteiger partial charge on any atom is 0.0569 e. The molecule has 2 nitrogen and oxygen atoms in total. The third-order valence-corrected chi connectivity index (χ3v) is 24.2. The van der Waals surface area contributed by atoms with Crippen molar-refractivity contribution in [2.75, 3.05) is 9.80 Å². The van der Waals surface area contributed by atoms with Crippen LogP contribution >= 0.6 is 22.7 Å². The zero-order valence-electron chi connectivity index (χ0n) is 58.0. The normalized spacial score (nSPS) is 11.8. The summed E-state index contributed by atoms with van der Waals surface area (Å²) in [4.78, 5) is 5.03. The number of hydrogen-bond donors (Lipinski definition) is 0. The van der Waals surface area contributed by atoms with Gasteiger partial charge < -0.3 is 9.80 Å². The first-order valence-corrected chi connectivity index (χ1v) is 37.6. The summed E-state index contributed by atoms with van der Waals surface area (Å²) in [6.07, 6.45) is 0. The minimum atomic E-state index is 1.09. The van der Waals surface area contributed by atoms with Crippen LogP contribution < -0.4 is 9.80 Å². The van der Waals surface area contributed by atoms with Gasteiger partial charge in [0.15, 0.2) is 0 Å². The Morgan fingerprint density at radius 3 is 0.827 bits per heavy atom. The molecule has 104 heavy (non-hydrogen) atoms. The Morgan fingerprint density at radius 1 is 0.183 bits per heavy atom. The van der Waals surface area contributed by atoms with E-state index in [1.54, 1.807) is 0 Å². The molecule has 0 atom stereocenters. The fraction of sp³-hybridized carbons (Fsp3) is 0.0400. The van der Waals surface area contributed by atoms with Gasteiger partial charge >= 0.3 is 0 Å². The highest BCUT2D eigenvalue weighted by atomic mass is 32.1. The summed E-state index contributed by atoms with van der Waals surface area (Å²) in [5.74, 6) is 0. The molecule has 2 heterocycles. The first kappa shape index (κ1) is 61.4. The molecule has 18 aromatic carbocycles. The summed E-state index contributed by atoms with van der Waals surface area (Å²) in [7, 11) is 0. The van der Waals surface area contributed by atoms with E-state index in [0.29, 0.717) is 0 Å². The number of aryl methyl sites for hydroxylation is 4. The Morgan fingerprint density at radius 2 is 0.462 bits per heavy atom. The van der Waals surface area contributed by atoms with E-state index in [4.69, 9.17) is 0 Å². The number of hydrogen-bond acceptors (Lipinski definition) is 4. The number of thiophene rings is 2. The van der Waals surface area contributed by atoms with Crippen LogP contribution in [0.5, 0.6) is 0 Å².